The van der Waals surface area contributed by atoms with Gasteiger partial charge < -0.3 is 25.0 Å². The second kappa shape index (κ2) is 9.99. The molecule has 8 heteroatoms. The number of hydrogen-bond donors (Lipinski definition) is 2. The number of nitrogens with zero attached hydrogens (tertiary/aromatic N) is 1. The molecule has 0 saturated carbocycles. The number of urea groups is 1. The normalized spacial score (nSPS) is 17.8. The Morgan fingerprint density at radius 1 is 1.19 bits per heavy atom. The summed E-state index contributed by atoms with van der Waals surface area (Å²) in [5.74, 6) is 0.299. The number of likely N-dealkylation sites (tertiary alicyclic amines) is 1. The molecule has 7 nitrogen and oxygen atoms in total. The molecule has 2 aromatic carbocycles. The van der Waals surface area contributed by atoms with Crippen molar-refractivity contribution in [1.29, 1.82) is 0 Å². The highest BCUT2D eigenvalue weighted by molar-refractivity contribution is 5.95. The third kappa shape index (κ3) is 5.19. The highest BCUT2D eigenvalue weighted by Gasteiger charge is 2.24. The first-order chi connectivity index (χ1) is 15.5. The molecule has 2 aromatic rings. The van der Waals surface area contributed by atoms with Crippen molar-refractivity contribution in [1.82, 2.24) is 10.2 Å². The van der Waals surface area contributed by atoms with Crippen LogP contribution in [0.5, 0.6) is 5.75 Å². The number of benzene rings is 2. The summed E-state index contributed by atoms with van der Waals surface area (Å²) in [6.07, 6.45) is 3.65. The second-order valence-corrected chi connectivity index (χ2v) is 8.22. The van der Waals surface area contributed by atoms with Gasteiger partial charge in [0.25, 0.3) is 5.91 Å². The van der Waals surface area contributed by atoms with Gasteiger partial charge in [-0.25, -0.2) is 9.18 Å². The maximum absolute atomic E-state index is 13.8. The number of rotatable bonds is 5. The standard InChI is InChI=1S/C24H28FN3O4/c1-16-4-2-3-11-28(16)23(29)17-5-7-21(8-6-17)27-24(30)26-10-9-18-12-20(25)13-19-14-31-15-32-22(18)19/h5-8,12-13,16H,2-4,9-11,14-15H2,1H3,(H2,26,27,30). The quantitative estimate of drug-likeness (QED) is 0.733. The van der Waals surface area contributed by atoms with E-state index in [0.29, 0.717) is 47.7 Å². The van der Waals surface area contributed by atoms with Crippen LogP contribution in [0.25, 0.3) is 0 Å². The van der Waals surface area contributed by atoms with E-state index in [2.05, 4.69) is 17.6 Å². The highest BCUT2D eigenvalue weighted by atomic mass is 19.1. The van der Waals surface area contributed by atoms with E-state index in [-0.39, 0.29) is 30.6 Å². The lowest BCUT2D eigenvalue weighted by Crippen LogP contribution is -2.42. The van der Waals surface area contributed by atoms with Gasteiger partial charge in [0.1, 0.15) is 11.6 Å². The minimum Gasteiger partial charge on any atom is -0.467 e. The summed E-state index contributed by atoms with van der Waals surface area (Å²) in [5.41, 5.74) is 2.57. The van der Waals surface area contributed by atoms with Crippen molar-refractivity contribution in [3.05, 3.63) is 58.9 Å². The summed E-state index contributed by atoms with van der Waals surface area (Å²) < 4.78 is 24.5. The van der Waals surface area contributed by atoms with Gasteiger partial charge in [0.15, 0.2) is 6.79 Å². The highest BCUT2D eigenvalue weighted by Crippen LogP contribution is 2.29. The zero-order chi connectivity index (χ0) is 22.5. The Morgan fingerprint density at radius 2 is 2.00 bits per heavy atom. The van der Waals surface area contributed by atoms with Crippen LogP contribution in [0.4, 0.5) is 14.9 Å². The number of ether oxygens (including phenoxy) is 2. The summed E-state index contributed by atoms with van der Waals surface area (Å²) >= 11 is 0. The van der Waals surface area contributed by atoms with Crippen LogP contribution in [-0.2, 0) is 17.8 Å². The van der Waals surface area contributed by atoms with E-state index in [4.69, 9.17) is 9.47 Å². The fourth-order valence-electron chi connectivity index (χ4n) is 4.19. The molecule has 3 amide bonds. The molecule has 170 valence electrons. The third-order valence-corrected chi connectivity index (χ3v) is 5.89. The van der Waals surface area contributed by atoms with E-state index in [9.17, 15) is 14.0 Å². The lowest BCUT2D eigenvalue weighted by atomic mass is 10.0. The van der Waals surface area contributed by atoms with Crippen molar-refractivity contribution in [2.45, 2.75) is 45.3 Å². The molecular formula is C24H28FN3O4. The largest absolute Gasteiger partial charge is 0.467 e. The van der Waals surface area contributed by atoms with Gasteiger partial charge in [-0.15, -0.1) is 0 Å². The Morgan fingerprint density at radius 3 is 2.78 bits per heavy atom. The van der Waals surface area contributed by atoms with E-state index < -0.39 is 0 Å². The molecule has 4 rings (SSSR count). The SMILES string of the molecule is CC1CCCCN1C(=O)c1ccc(NC(=O)NCCc2cc(F)cc3c2OCOC3)cc1. The Hall–Kier alpha value is -3.13. The molecule has 2 aliphatic rings. The number of hydrogen-bond acceptors (Lipinski definition) is 4. The summed E-state index contributed by atoms with van der Waals surface area (Å²) in [6.45, 7) is 3.62. The Bertz CT molecular complexity index is 980. The molecule has 0 bridgehead atoms. The molecule has 1 atom stereocenters. The first-order valence-electron chi connectivity index (χ1n) is 11.0. The van der Waals surface area contributed by atoms with Gasteiger partial charge in [0.2, 0.25) is 0 Å². The van der Waals surface area contributed by atoms with E-state index in [0.717, 1.165) is 25.8 Å². The van der Waals surface area contributed by atoms with Crippen LogP contribution in [0.1, 0.15) is 47.7 Å². The Kier molecular flexibility index (Phi) is 6.90. The molecule has 32 heavy (non-hydrogen) atoms. The van der Waals surface area contributed by atoms with Crippen molar-refractivity contribution >= 4 is 17.6 Å². The van der Waals surface area contributed by atoms with Gasteiger partial charge in [0.05, 0.1) is 6.61 Å². The van der Waals surface area contributed by atoms with E-state index in [1.807, 2.05) is 4.90 Å². The van der Waals surface area contributed by atoms with Crippen LogP contribution in [0.2, 0.25) is 0 Å². The number of anilines is 1. The maximum atomic E-state index is 13.8. The molecule has 0 aromatic heterocycles. The predicted octanol–water partition coefficient (Wildman–Crippen LogP) is 4.07. The minimum atomic E-state index is -0.372. The van der Waals surface area contributed by atoms with Gasteiger partial charge in [0, 0.05) is 35.9 Å². The maximum Gasteiger partial charge on any atom is 0.319 e. The van der Waals surface area contributed by atoms with Crippen molar-refractivity contribution < 1.29 is 23.5 Å². The van der Waals surface area contributed by atoms with Gasteiger partial charge in [-0.05, 0) is 74.6 Å². The van der Waals surface area contributed by atoms with Gasteiger partial charge in [-0.1, -0.05) is 0 Å². The fraction of sp³-hybridized carbons (Fsp3) is 0.417. The first-order valence-corrected chi connectivity index (χ1v) is 11.0. The van der Waals surface area contributed by atoms with Crippen molar-refractivity contribution in [3.63, 3.8) is 0 Å². The lowest BCUT2D eigenvalue weighted by Gasteiger charge is -2.33. The fourth-order valence-corrected chi connectivity index (χ4v) is 4.19. The second-order valence-electron chi connectivity index (χ2n) is 8.22. The van der Waals surface area contributed by atoms with Gasteiger partial charge >= 0.3 is 6.03 Å². The van der Waals surface area contributed by atoms with Gasteiger partial charge in [-0.2, -0.15) is 0 Å². The minimum absolute atomic E-state index is 0.0271. The lowest BCUT2D eigenvalue weighted by molar-refractivity contribution is -0.0172. The molecule has 0 radical (unpaired) electrons. The topological polar surface area (TPSA) is 79.9 Å². The number of halogens is 1. The van der Waals surface area contributed by atoms with Crippen LogP contribution in [0.15, 0.2) is 36.4 Å². The average molecular weight is 442 g/mol. The summed E-state index contributed by atoms with van der Waals surface area (Å²) in [5, 5.41) is 5.52. The van der Waals surface area contributed by atoms with Crippen LogP contribution in [-0.4, -0.2) is 42.8 Å². The monoisotopic (exact) mass is 441 g/mol. The molecule has 1 saturated heterocycles. The zero-order valence-electron chi connectivity index (χ0n) is 18.2. The smallest absolute Gasteiger partial charge is 0.319 e. The zero-order valence-corrected chi connectivity index (χ0v) is 18.2. The summed E-state index contributed by atoms with van der Waals surface area (Å²) in [6, 6.07) is 9.61. The molecule has 1 unspecified atom stereocenters. The molecule has 2 N–H and O–H groups in total. The molecule has 2 aliphatic heterocycles. The average Bonchev–Trinajstić information content (AvgIpc) is 2.79. The van der Waals surface area contributed by atoms with Crippen molar-refractivity contribution in [3.8, 4) is 5.75 Å². The third-order valence-electron chi connectivity index (χ3n) is 5.89. The number of fused-ring (bicyclic) bond motifs is 1. The van der Waals surface area contributed by atoms with Crippen LogP contribution in [0.3, 0.4) is 0 Å². The van der Waals surface area contributed by atoms with E-state index in [1.54, 1.807) is 24.3 Å². The predicted molar refractivity (Wildman–Crippen MR) is 118 cm³/mol. The van der Waals surface area contributed by atoms with Gasteiger partial charge in [-0.3, -0.25) is 4.79 Å². The first kappa shape index (κ1) is 22.1. The summed E-state index contributed by atoms with van der Waals surface area (Å²) in [4.78, 5) is 26.9. The molecule has 2 heterocycles. The van der Waals surface area contributed by atoms with Crippen LogP contribution in [0, 0.1) is 5.82 Å². The van der Waals surface area contributed by atoms with E-state index >= 15 is 0 Å². The summed E-state index contributed by atoms with van der Waals surface area (Å²) in [7, 11) is 0. The molecule has 1 fully saturated rings. The molecule has 0 spiro atoms. The van der Waals surface area contributed by atoms with Crippen LogP contribution < -0.4 is 15.4 Å². The van der Waals surface area contributed by atoms with E-state index in [1.165, 1.54) is 12.1 Å². The Balaban J connectivity index is 1.28. The number of amides is 3. The number of nitrogens with one attached hydrogen (secondary N) is 2. The number of carbonyl (C=O) groups excluding carboxylic acids is 2. The molecular weight excluding hydrogens is 413 g/mol. The Labute approximate surface area is 186 Å². The van der Waals surface area contributed by atoms with Crippen molar-refractivity contribution in [2.24, 2.45) is 0 Å². The number of carbonyl (C=O) groups is 2. The number of piperidine rings is 1. The molecule has 0 aliphatic carbocycles. The van der Waals surface area contributed by atoms with Crippen molar-refractivity contribution in [2.75, 3.05) is 25.2 Å². The van der Waals surface area contributed by atoms with Crippen LogP contribution >= 0.6 is 0 Å².